The predicted octanol–water partition coefficient (Wildman–Crippen LogP) is 2.44. The van der Waals surface area contributed by atoms with Crippen LogP contribution in [0.5, 0.6) is 0 Å². The average molecular weight is 240 g/mol. The lowest BCUT2D eigenvalue weighted by Crippen LogP contribution is -2.50. The highest BCUT2D eigenvalue weighted by Gasteiger charge is 2.33. The number of carbonyl (C=O) groups excluding carboxylic acids is 1. The second-order valence-corrected chi connectivity index (χ2v) is 6.39. The number of carbonyl (C=O) groups is 1. The molecule has 1 aliphatic rings. The molecule has 3 heteroatoms. The summed E-state index contributed by atoms with van der Waals surface area (Å²) in [5.41, 5.74) is 6.25. The molecular weight excluding hydrogens is 212 g/mol. The van der Waals surface area contributed by atoms with Crippen molar-refractivity contribution in [1.82, 2.24) is 5.32 Å². The minimum atomic E-state index is -0.331. The molecule has 1 amide bonds. The molecule has 1 rings (SSSR count). The summed E-state index contributed by atoms with van der Waals surface area (Å²) in [5, 5.41) is 3.13. The molecule has 0 radical (unpaired) electrons. The van der Waals surface area contributed by atoms with Gasteiger partial charge in [-0.25, -0.2) is 0 Å². The second kappa shape index (κ2) is 5.85. The Morgan fingerprint density at radius 3 is 2.71 bits per heavy atom. The van der Waals surface area contributed by atoms with Crippen LogP contribution in [0.3, 0.4) is 0 Å². The number of hydrogen-bond donors (Lipinski definition) is 2. The minimum Gasteiger partial charge on any atom is -0.352 e. The van der Waals surface area contributed by atoms with Crippen molar-refractivity contribution in [2.45, 2.75) is 71.9 Å². The third-order valence-electron chi connectivity index (χ3n) is 3.96. The Labute approximate surface area is 106 Å². The molecule has 0 unspecified atom stereocenters. The molecule has 3 N–H and O–H groups in total. The molecule has 1 aliphatic carbocycles. The summed E-state index contributed by atoms with van der Waals surface area (Å²) >= 11 is 0. The van der Waals surface area contributed by atoms with E-state index in [0.717, 1.165) is 19.3 Å². The van der Waals surface area contributed by atoms with E-state index in [2.05, 4.69) is 33.0 Å². The van der Waals surface area contributed by atoms with Crippen LogP contribution in [-0.2, 0) is 4.79 Å². The molecule has 0 aromatic rings. The fraction of sp³-hybridized carbons (Fsp3) is 0.929. The lowest BCUT2D eigenvalue weighted by atomic mass is 9.70. The van der Waals surface area contributed by atoms with Gasteiger partial charge in [0.05, 0.1) is 6.04 Å². The van der Waals surface area contributed by atoms with Gasteiger partial charge in [0.15, 0.2) is 0 Å². The Balaban J connectivity index is 2.45. The van der Waals surface area contributed by atoms with Crippen LogP contribution in [0.4, 0.5) is 0 Å². The molecule has 17 heavy (non-hydrogen) atoms. The highest BCUT2D eigenvalue weighted by atomic mass is 16.2. The van der Waals surface area contributed by atoms with Gasteiger partial charge >= 0.3 is 0 Å². The first-order valence-corrected chi connectivity index (χ1v) is 6.91. The molecule has 0 spiro atoms. The van der Waals surface area contributed by atoms with Crippen LogP contribution in [0.1, 0.15) is 59.8 Å². The molecule has 1 saturated carbocycles. The summed E-state index contributed by atoms with van der Waals surface area (Å²) < 4.78 is 0. The number of nitrogens with two attached hydrogens (primary N) is 1. The third kappa shape index (κ3) is 4.30. The van der Waals surface area contributed by atoms with E-state index in [1.54, 1.807) is 0 Å². The smallest absolute Gasteiger partial charge is 0.237 e. The van der Waals surface area contributed by atoms with Crippen LogP contribution in [0.2, 0.25) is 0 Å². The molecule has 3 nitrogen and oxygen atoms in total. The van der Waals surface area contributed by atoms with E-state index in [-0.39, 0.29) is 11.9 Å². The zero-order valence-electron chi connectivity index (χ0n) is 11.8. The van der Waals surface area contributed by atoms with Crippen molar-refractivity contribution in [3.05, 3.63) is 0 Å². The van der Waals surface area contributed by atoms with Gasteiger partial charge in [0.25, 0.3) is 0 Å². The SMILES string of the molecule is CCC[C@H](N)C(=O)N[C@H]1CCC(C)(C)C[C@H]1C. The third-order valence-corrected chi connectivity index (χ3v) is 3.96. The highest BCUT2D eigenvalue weighted by Crippen LogP contribution is 2.38. The van der Waals surface area contributed by atoms with E-state index in [4.69, 9.17) is 5.73 Å². The predicted molar refractivity (Wildman–Crippen MR) is 71.6 cm³/mol. The summed E-state index contributed by atoms with van der Waals surface area (Å²) in [6.07, 6.45) is 5.19. The van der Waals surface area contributed by atoms with Crippen molar-refractivity contribution in [1.29, 1.82) is 0 Å². The zero-order valence-corrected chi connectivity index (χ0v) is 11.8. The maximum absolute atomic E-state index is 11.9. The summed E-state index contributed by atoms with van der Waals surface area (Å²) in [6.45, 7) is 8.91. The fourth-order valence-electron chi connectivity index (χ4n) is 2.89. The van der Waals surface area contributed by atoms with Crippen LogP contribution < -0.4 is 11.1 Å². The van der Waals surface area contributed by atoms with Gasteiger partial charge in [-0.1, -0.05) is 34.1 Å². The van der Waals surface area contributed by atoms with E-state index in [1.807, 2.05) is 0 Å². The Hall–Kier alpha value is -0.570. The molecule has 0 aromatic carbocycles. The number of rotatable bonds is 4. The number of amides is 1. The molecule has 0 aliphatic heterocycles. The lowest BCUT2D eigenvalue weighted by Gasteiger charge is -2.39. The summed E-state index contributed by atoms with van der Waals surface area (Å²) in [4.78, 5) is 11.9. The minimum absolute atomic E-state index is 0.0309. The number of hydrogen-bond acceptors (Lipinski definition) is 2. The first-order chi connectivity index (χ1) is 7.85. The van der Waals surface area contributed by atoms with Crippen molar-refractivity contribution in [2.24, 2.45) is 17.1 Å². The molecular formula is C14H28N2O. The van der Waals surface area contributed by atoms with Gasteiger partial charge in [-0.3, -0.25) is 4.79 Å². The van der Waals surface area contributed by atoms with Crippen LogP contribution >= 0.6 is 0 Å². The Morgan fingerprint density at radius 2 is 2.18 bits per heavy atom. The lowest BCUT2D eigenvalue weighted by molar-refractivity contribution is -0.124. The average Bonchev–Trinajstić information content (AvgIpc) is 2.21. The number of nitrogens with one attached hydrogen (secondary N) is 1. The van der Waals surface area contributed by atoms with Crippen molar-refractivity contribution in [3.8, 4) is 0 Å². The topological polar surface area (TPSA) is 55.1 Å². The van der Waals surface area contributed by atoms with Crippen LogP contribution in [0.15, 0.2) is 0 Å². The Bertz CT molecular complexity index is 263. The van der Waals surface area contributed by atoms with E-state index in [1.165, 1.54) is 12.8 Å². The van der Waals surface area contributed by atoms with Gasteiger partial charge in [-0.2, -0.15) is 0 Å². The van der Waals surface area contributed by atoms with E-state index in [0.29, 0.717) is 17.4 Å². The maximum atomic E-state index is 11.9. The van der Waals surface area contributed by atoms with Gasteiger partial charge in [-0.05, 0) is 37.0 Å². The largest absolute Gasteiger partial charge is 0.352 e. The van der Waals surface area contributed by atoms with E-state index in [9.17, 15) is 4.79 Å². The zero-order chi connectivity index (χ0) is 13.1. The van der Waals surface area contributed by atoms with Crippen molar-refractivity contribution >= 4 is 5.91 Å². The summed E-state index contributed by atoms with van der Waals surface area (Å²) in [5.74, 6) is 0.583. The van der Waals surface area contributed by atoms with E-state index < -0.39 is 0 Å². The van der Waals surface area contributed by atoms with Crippen LogP contribution in [0.25, 0.3) is 0 Å². The molecule has 0 saturated heterocycles. The van der Waals surface area contributed by atoms with Gasteiger partial charge < -0.3 is 11.1 Å². The monoisotopic (exact) mass is 240 g/mol. The Morgan fingerprint density at radius 1 is 1.53 bits per heavy atom. The Kier molecular flexibility index (Phi) is 4.99. The molecule has 100 valence electrons. The van der Waals surface area contributed by atoms with Crippen molar-refractivity contribution < 1.29 is 4.79 Å². The maximum Gasteiger partial charge on any atom is 0.237 e. The first kappa shape index (κ1) is 14.5. The fourth-order valence-corrected chi connectivity index (χ4v) is 2.89. The van der Waals surface area contributed by atoms with Crippen molar-refractivity contribution in [2.75, 3.05) is 0 Å². The van der Waals surface area contributed by atoms with Gasteiger partial charge in [0.2, 0.25) is 5.91 Å². The van der Waals surface area contributed by atoms with Crippen LogP contribution in [0, 0.1) is 11.3 Å². The van der Waals surface area contributed by atoms with E-state index >= 15 is 0 Å². The van der Waals surface area contributed by atoms with Crippen molar-refractivity contribution in [3.63, 3.8) is 0 Å². The second-order valence-electron chi connectivity index (χ2n) is 6.39. The molecule has 0 heterocycles. The highest BCUT2D eigenvalue weighted by molar-refractivity contribution is 5.81. The van der Waals surface area contributed by atoms with Gasteiger partial charge in [-0.15, -0.1) is 0 Å². The molecule has 3 atom stereocenters. The first-order valence-electron chi connectivity index (χ1n) is 6.91. The molecule has 1 fully saturated rings. The van der Waals surface area contributed by atoms with Gasteiger partial charge in [0.1, 0.15) is 0 Å². The molecule has 0 bridgehead atoms. The van der Waals surface area contributed by atoms with Gasteiger partial charge in [0, 0.05) is 6.04 Å². The normalized spacial score (nSPS) is 29.7. The standard InChI is InChI=1S/C14H28N2O/c1-5-6-11(15)13(17)16-12-7-8-14(3,4)9-10(12)2/h10-12H,5-9,15H2,1-4H3,(H,16,17)/t10-,11+,12+/m1/s1. The summed E-state index contributed by atoms with van der Waals surface area (Å²) in [6, 6.07) is -0.0134. The summed E-state index contributed by atoms with van der Waals surface area (Å²) in [7, 11) is 0. The quantitative estimate of drug-likeness (QED) is 0.793. The molecule has 0 aromatic heterocycles. The van der Waals surface area contributed by atoms with Crippen LogP contribution in [-0.4, -0.2) is 18.0 Å².